The van der Waals surface area contributed by atoms with Gasteiger partial charge in [-0.1, -0.05) is 30.3 Å². The van der Waals surface area contributed by atoms with E-state index >= 15 is 0 Å². The molecule has 3 rings (SSSR count). The zero-order chi connectivity index (χ0) is 22.2. The maximum Gasteiger partial charge on any atom is 0.338 e. The van der Waals surface area contributed by atoms with E-state index in [1.165, 1.54) is 0 Å². The first kappa shape index (κ1) is 21.9. The molecule has 0 fully saturated rings. The molecule has 2 aromatic rings. The van der Waals surface area contributed by atoms with Crippen molar-refractivity contribution in [1.29, 1.82) is 0 Å². The van der Waals surface area contributed by atoms with E-state index in [1.807, 2.05) is 30.3 Å². The Morgan fingerprint density at radius 1 is 0.935 bits per heavy atom. The van der Waals surface area contributed by atoms with E-state index < -0.39 is 24.0 Å². The molecule has 1 aliphatic rings. The number of esters is 2. The third-order valence-electron chi connectivity index (χ3n) is 4.55. The van der Waals surface area contributed by atoms with Crippen molar-refractivity contribution in [1.82, 2.24) is 10.6 Å². The standard InChI is InChI=1S/C23H24N2O6/c1-3-29-22(27)20-15(2)24-23(28)25-19(20)14-31-21(26)17-9-11-18(12-10-17)30-13-16-7-5-4-6-8-16/h4-12,15H,3,13-14H2,1-2H3,(H2,24,25,28). The van der Waals surface area contributed by atoms with E-state index in [0.717, 1.165) is 5.56 Å². The number of hydrogen-bond donors (Lipinski definition) is 2. The predicted octanol–water partition coefficient (Wildman–Crippen LogP) is 2.94. The molecule has 1 unspecified atom stereocenters. The Bertz CT molecular complexity index is 969. The number of nitrogens with one attached hydrogen (secondary N) is 2. The number of benzene rings is 2. The maximum atomic E-state index is 12.4. The summed E-state index contributed by atoms with van der Waals surface area (Å²) in [7, 11) is 0. The molecular weight excluding hydrogens is 400 g/mol. The average molecular weight is 424 g/mol. The van der Waals surface area contributed by atoms with Gasteiger partial charge in [-0.05, 0) is 43.7 Å². The molecule has 1 aliphatic heterocycles. The minimum absolute atomic E-state index is 0.189. The van der Waals surface area contributed by atoms with Gasteiger partial charge in [0.05, 0.1) is 29.5 Å². The van der Waals surface area contributed by atoms with E-state index in [-0.39, 0.29) is 24.5 Å². The highest BCUT2D eigenvalue weighted by Crippen LogP contribution is 2.17. The SMILES string of the molecule is CCOC(=O)C1=C(COC(=O)c2ccc(OCc3ccccc3)cc2)NC(=O)NC1C. The second-order valence-corrected chi connectivity index (χ2v) is 6.81. The lowest BCUT2D eigenvalue weighted by Gasteiger charge is -2.26. The highest BCUT2D eigenvalue weighted by molar-refractivity contribution is 5.95. The van der Waals surface area contributed by atoms with Crippen molar-refractivity contribution in [2.75, 3.05) is 13.2 Å². The smallest absolute Gasteiger partial charge is 0.338 e. The van der Waals surface area contributed by atoms with Crippen LogP contribution < -0.4 is 15.4 Å². The Hall–Kier alpha value is -3.81. The summed E-state index contributed by atoms with van der Waals surface area (Å²) in [4.78, 5) is 36.4. The molecule has 2 amide bonds. The molecule has 0 bridgehead atoms. The first-order chi connectivity index (χ1) is 15.0. The maximum absolute atomic E-state index is 12.4. The van der Waals surface area contributed by atoms with Crippen LogP contribution in [0.15, 0.2) is 65.9 Å². The van der Waals surface area contributed by atoms with Gasteiger partial charge in [0.2, 0.25) is 0 Å². The zero-order valence-electron chi connectivity index (χ0n) is 17.3. The van der Waals surface area contributed by atoms with E-state index in [1.54, 1.807) is 38.1 Å². The number of rotatable bonds is 8. The molecule has 2 N–H and O–H groups in total. The number of urea groups is 1. The van der Waals surface area contributed by atoms with Crippen molar-refractivity contribution in [2.24, 2.45) is 0 Å². The summed E-state index contributed by atoms with van der Waals surface area (Å²) >= 11 is 0. The van der Waals surface area contributed by atoms with Crippen molar-refractivity contribution in [3.8, 4) is 5.75 Å². The topological polar surface area (TPSA) is 103 Å². The lowest BCUT2D eigenvalue weighted by Crippen LogP contribution is -2.50. The molecule has 0 aromatic heterocycles. The zero-order valence-corrected chi connectivity index (χ0v) is 17.3. The molecule has 8 heteroatoms. The largest absolute Gasteiger partial charge is 0.489 e. The molecule has 8 nitrogen and oxygen atoms in total. The summed E-state index contributed by atoms with van der Waals surface area (Å²) in [6, 6.07) is 15.2. The molecule has 31 heavy (non-hydrogen) atoms. The first-order valence-electron chi connectivity index (χ1n) is 9.89. The van der Waals surface area contributed by atoms with Gasteiger partial charge in [0.1, 0.15) is 19.0 Å². The Labute approximate surface area is 180 Å². The molecule has 0 saturated heterocycles. The van der Waals surface area contributed by atoms with Crippen LogP contribution in [0.5, 0.6) is 5.75 Å². The van der Waals surface area contributed by atoms with Gasteiger partial charge in [-0.3, -0.25) is 0 Å². The highest BCUT2D eigenvalue weighted by atomic mass is 16.5. The number of carbonyl (C=O) groups is 3. The second kappa shape index (κ2) is 10.3. The highest BCUT2D eigenvalue weighted by Gasteiger charge is 2.30. The summed E-state index contributed by atoms with van der Waals surface area (Å²) in [6.45, 7) is 3.68. The molecule has 0 aliphatic carbocycles. The monoisotopic (exact) mass is 424 g/mol. The Balaban J connectivity index is 1.61. The van der Waals surface area contributed by atoms with Crippen molar-refractivity contribution in [2.45, 2.75) is 26.5 Å². The van der Waals surface area contributed by atoms with Crippen LogP contribution in [0.3, 0.4) is 0 Å². The number of ether oxygens (including phenoxy) is 3. The van der Waals surface area contributed by atoms with Gasteiger partial charge in [0, 0.05) is 0 Å². The van der Waals surface area contributed by atoms with Gasteiger partial charge in [-0.15, -0.1) is 0 Å². The molecule has 0 saturated carbocycles. The van der Waals surface area contributed by atoms with Gasteiger partial charge in [-0.25, -0.2) is 14.4 Å². The van der Waals surface area contributed by atoms with E-state index in [4.69, 9.17) is 14.2 Å². The van der Waals surface area contributed by atoms with Gasteiger partial charge >= 0.3 is 18.0 Å². The normalized spacial score (nSPS) is 15.5. The summed E-state index contributed by atoms with van der Waals surface area (Å²) in [5.74, 6) is -0.550. The van der Waals surface area contributed by atoms with E-state index in [9.17, 15) is 14.4 Å². The van der Waals surface area contributed by atoms with E-state index in [2.05, 4.69) is 10.6 Å². The lowest BCUT2D eigenvalue weighted by atomic mass is 10.0. The number of hydrogen-bond acceptors (Lipinski definition) is 6. The van der Waals surface area contributed by atoms with Gasteiger partial charge in [0.15, 0.2) is 0 Å². The summed E-state index contributed by atoms with van der Waals surface area (Å²) in [5.41, 5.74) is 1.78. The van der Waals surface area contributed by atoms with Crippen LogP contribution in [0, 0.1) is 0 Å². The van der Waals surface area contributed by atoms with Crippen molar-refractivity contribution in [3.05, 3.63) is 77.0 Å². The van der Waals surface area contributed by atoms with Crippen LogP contribution in [-0.4, -0.2) is 37.2 Å². The molecule has 162 valence electrons. The Morgan fingerprint density at radius 2 is 1.65 bits per heavy atom. The second-order valence-electron chi connectivity index (χ2n) is 6.81. The molecule has 1 atom stereocenters. The van der Waals surface area contributed by atoms with Crippen molar-refractivity contribution >= 4 is 18.0 Å². The Kier molecular flexibility index (Phi) is 7.26. The van der Waals surface area contributed by atoms with Gasteiger partial charge < -0.3 is 24.8 Å². The van der Waals surface area contributed by atoms with Crippen molar-refractivity contribution in [3.63, 3.8) is 0 Å². The summed E-state index contributed by atoms with van der Waals surface area (Å²) in [5, 5.41) is 5.10. The van der Waals surface area contributed by atoms with Crippen LogP contribution in [0.2, 0.25) is 0 Å². The van der Waals surface area contributed by atoms with Crippen LogP contribution in [-0.2, 0) is 20.9 Å². The van der Waals surface area contributed by atoms with Crippen LogP contribution in [0.25, 0.3) is 0 Å². The molecule has 0 spiro atoms. The summed E-state index contributed by atoms with van der Waals surface area (Å²) < 4.78 is 16.0. The summed E-state index contributed by atoms with van der Waals surface area (Å²) in [6.07, 6.45) is 0. The van der Waals surface area contributed by atoms with Crippen LogP contribution >= 0.6 is 0 Å². The predicted molar refractivity (Wildman–Crippen MR) is 112 cm³/mol. The quantitative estimate of drug-likeness (QED) is 0.632. The van der Waals surface area contributed by atoms with Crippen LogP contribution in [0.4, 0.5) is 4.79 Å². The lowest BCUT2D eigenvalue weighted by molar-refractivity contribution is -0.139. The first-order valence-corrected chi connectivity index (χ1v) is 9.89. The molecule has 0 radical (unpaired) electrons. The van der Waals surface area contributed by atoms with Crippen molar-refractivity contribution < 1.29 is 28.6 Å². The number of amides is 2. The molecule has 1 heterocycles. The third kappa shape index (κ3) is 5.85. The van der Waals surface area contributed by atoms with Gasteiger partial charge in [0.25, 0.3) is 0 Å². The fourth-order valence-electron chi connectivity index (χ4n) is 3.04. The minimum Gasteiger partial charge on any atom is -0.489 e. The van der Waals surface area contributed by atoms with Crippen LogP contribution in [0.1, 0.15) is 29.8 Å². The fourth-order valence-corrected chi connectivity index (χ4v) is 3.04. The fraction of sp³-hybridized carbons (Fsp3) is 0.261. The van der Waals surface area contributed by atoms with E-state index in [0.29, 0.717) is 17.9 Å². The Morgan fingerprint density at radius 3 is 2.32 bits per heavy atom. The average Bonchev–Trinajstić information content (AvgIpc) is 2.77. The number of carbonyl (C=O) groups excluding carboxylic acids is 3. The minimum atomic E-state index is -0.592. The third-order valence-corrected chi connectivity index (χ3v) is 4.55. The molecular formula is C23H24N2O6. The molecule has 2 aromatic carbocycles. The van der Waals surface area contributed by atoms with Gasteiger partial charge in [-0.2, -0.15) is 0 Å².